The van der Waals surface area contributed by atoms with Crippen molar-refractivity contribution in [3.8, 4) is 0 Å². The molecule has 2 heterocycles. The van der Waals surface area contributed by atoms with Crippen LogP contribution in [0.2, 0.25) is 0 Å². The zero-order valence-corrected chi connectivity index (χ0v) is 10.9. The third-order valence-corrected chi connectivity index (χ3v) is 3.81. The molecule has 0 saturated heterocycles. The van der Waals surface area contributed by atoms with E-state index < -0.39 is 10.0 Å². The molecule has 2 aromatic rings. The summed E-state index contributed by atoms with van der Waals surface area (Å²) in [6, 6.07) is 2.87. The number of aryl methyl sites for hydroxylation is 1. The average Bonchev–Trinajstić information content (AvgIpc) is 2.82. The van der Waals surface area contributed by atoms with Crippen LogP contribution in [0.3, 0.4) is 0 Å². The summed E-state index contributed by atoms with van der Waals surface area (Å²) >= 11 is 0. The van der Waals surface area contributed by atoms with Crippen LogP contribution in [0, 0.1) is 0 Å². The predicted octanol–water partition coefficient (Wildman–Crippen LogP) is -1.03. The van der Waals surface area contributed by atoms with Crippen molar-refractivity contribution in [3.05, 3.63) is 30.5 Å². The van der Waals surface area contributed by atoms with Crippen LogP contribution in [0.15, 0.2) is 29.6 Å². The number of aromatic nitrogens is 4. The van der Waals surface area contributed by atoms with E-state index in [0.29, 0.717) is 11.6 Å². The molecule has 0 fully saturated rings. The van der Waals surface area contributed by atoms with Crippen LogP contribution < -0.4 is 16.0 Å². The predicted molar refractivity (Wildman–Crippen MR) is 67.1 cm³/mol. The molecule has 102 valence electrons. The average molecular weight is 283 g/mol. The van der Waals surface area contributed by atoms with Gasteiger partial charge in [0.05, 0.1) is 6.54 Å². The second kappa shape index (κ2) is 5.30. The standard InChI is InChI=1S/C9H13N7O2S/c1-16-6-12-15-9(16)5-13-19(17,18)7-2-3-8(14-10)11-4-7/h2-4,6,13H,5,10H2,1H3,(H,11,14). The fourth-order valence-corrected chi connectivity index (χ4v) is 2.26. The number of hydrazine groups is 1. The van der Waals surface area contributed by atoms with Crippen LogP contribution in [0.25, 0.3) is 0 Å². The molecule has 0 amide bonds. The zero-order chi connectivity index (χ0) is 13.9. The summed E-state index contributed by atoms with van der Waals surface area (Å²) in [7, 11) is -1.91. The molecule has 2 rings (SSSR count). The first-order chi connectivity index (χ1) is 9.03. The molecule has 0 aliphatic rings. The summed E-state index contributed by atoms with van der Waals surface area (Å²) in [5.74, 6) is 6.05. The van der Waals surface area contributed by atoms with Crippen LogP contribution in [0.4, 0.5) is 5.82 Å². The molecule has 19 heavy (non-hydrogen) atoms. The zero-order valence-electron chi connectivity index (χ0n) is 10.1. The van der Waals surface area contributed by atoms with Gasteiger partial charge in [0, 0.05) is 13.2 Å². The Hall–Kier alpha value is -2.04. The fraction of sp³-hybridized carbons (Fsp3) is 0.222. The first-order valence-electron chi connectivity index (χ1n) is 5.28. The van der Waals surface area contributed by atoms with Gasteiger partial charge in [-0.05, 0) is 12.1 Å². The van der Waals surface area contributed by atoms with E-state index in [9.17, 15) is 8.42 Å². The molecule has 0 unspecified atom stereocenters. The summed E-state index contributed by atoms with van der Waals surface area (Å²) < 4.78 is 28.0. The quantitative estimate of drug-likeness (QED) is 0.473. The normalized spacial score (nSPS) is 11.5. The van der Waals surface area contributed by atoms with Crippen molar-refractivity contribution >= 4 is 15.8 Å². The van der Waals surface area contributed by atoms with Gasteiger partial charge in [0.15, 0.2) is 0 Å². The second-order valence-electron chi connectivity index (χ2n) is 3.71. The maximum Gasteiger partial charge on any atom is 0.242 e. The lowest BCUT2D eigenvalue weighted by Crippen LogP contribution is -2.25. The van der Waals surface area contributed by atoms with Crippen molar-refractivity contribution in [2.75, 3.05) is 5.43 Å². The van der Waals surface area contributed by atoms with Crippen molar-refractivity contribution in [1.82, 2.24) is 24.5 Å². The highest BCUT2D eigenvalue weighted by Crippen LogP contribution is 2.10. The Balaban J connectivity index is 2.11. The Morgan fingerprint density at radius 2 is 2.21 bits per heavy atom. The molecule has 10 heteroatoms. The lowest BCUT2D eigenvalue weighted by Gasteiger charge is -2.06. The van der Waals surface area contributed by atoms with Crippen molar-refractivity contribution in [2.45, 2.75) is 11.4 Å². The highest BCUT2D eigenvalue weighted by molar-refractivity contribution is 7.89. The minimum atomic E-state index is -3.64. The van der Waals surface area contributed by atoms with Gasteiger partial charge in [-0.2, -0.15) is 0 Å². The van der Waals surface area contributed by atoms with Gasteiger partial charge in [0.25, 0.3) is 0 Å². The lowest BCUT2D eigenvalue weighted by molar-refractivity contribution is 0.577. The molecule has 9 nitrogen and oxygen atoms in total. The molecular weight excluding hydrogens is 270 g/mol. The van der Waals surface area contributed by atoms with E-state index in [2.05, 4.69) is 25.3 Å². The van der Waals surface area contributed by atoms with Gasteiger partial charge < -0.3 is 9.99 Å². The van der Waals surface area contributed by atoms with E-state index in [1.54, 1.807) is 11.6 Å². The lowest BCUT2D eigenvalue weighted by atomic mass is 10.5. The number of nitrogen functional groups attached to an aromatic ring is 1. The molecule has 0 aliphatic carbocycles. The maximum absolute atomic E-state index is 12.0. The van der Waals surface area contributed by atoms with Crippen LogP contribution in [0.1, 0.15) is 5.82 Å². The highest BCUT2D eigenvalue weighted by Gasteiger charge is 2.15. The molecule has 4 N–H and O–H groups in total. The van der Waals surface area contributed by atoms with Crippen molar-refractivity contribution in [3.63, 3.8) is 0 Å². The molecule has 0 atom stereocenters. The number of nitrogens with zero attached hydrogens (tertiary/aromatic N) is 4. The number of rotatable bonds is 5. The van der Waals surface area contributed by atoms with Gasteiger partial charge in [-0.3, -0.25) is 0 Å². The third-order valence-electron chi connectivity index (χ3n) is 2.42. The van der Waals surface area contributed by atoms with Gasteiger partial charge in [0.2, 0.25) is 10.0 Å². The smallest absolute Gasteiger partial charge is 0.242 e. The van der Waals surface area contributed by atoms with E-state index in [1.807, 2.05) is 0 Å². The molecule has 0 spiro atoms. The third kappa shape index (κ3) is 3.05. The number of hydrogen-bond donors (Lipinski definition) is 3. The largest absolute Gasteiger partial charge is 0.320 e. The first-order valence-corrected chi connectivity index (χ1v) is 6.76. The number of anilines is 1. The van der Waals surface area contributed by atoms with Gasteiger partial charge in [-0.1, -0.05) is 0 Å². The monoisotopic (exact) mass is 283 g/mol. The summed E-state index contributed by atoms with van der Waals surface area (Å²) in [6.45, 7) is 0.0513. The maximum atomic E-state index is 12.0. The Morgan fingerprint density at radius 1 is 1.42 bits per heavy atom. The van der Waals surface area contributed by atoms with Crippen LogP contribution >= 0.6 is 0 Å². The Labute approximate surface area is 109 Å². The Kier molecular flexibility index (Phi) is 3.74. The number of hydrogen-bond acceptors (Lipinski definition) is 7. The number of nitrogens with one attached hydrogen (secondary N) is 2. The molecule has 0 saturated carbocycles. The molecule has 0 bridgehead atoms. The van der Waals surface area contributed by atoms with E-state index in [4.69, 9.17) is 5.84 Å². The van der Waals surface area contributed by atoms with E-state index in [-0.39, 0.29) is 11.4 Å². The SMILES string of the molecule is Cn1cnnc1CNS(=O)(=O)c1ccc(NN)nc1. The summed E-state index contributed by atoms with van der Waals surface area (Å²) in [5.41, 5.74) is 2.32. The summed E-state index contributed by atoms with van der Waals surface area (Å²) in [6.07, 6.45) is 2.71. The number of pyridine rings is 1. The van der Waals surface area contributed by atoms with Crippen LogP contribution in [-0.2, 0) is 23.6 Å². The Bertz CT molecular complexity index is 649. The molecule has 0 radical (unpaired) electrons. The van der Waals surface area contributed by atoms with Crippen molar-refractivity contribution < 1.29 is 8.42 Å². The van der Waals surface area contributed by atoms with Crippen LogP contribution in [0.5, 0.6) is 0 Å². The molecular formula is C9H13N7O2S. The van der Waals surface area contributed by atoms with E-state index >= 15 is 0 Å². The van der Waals surface area contributed by atoms with E-state index in [1.165, 1.54) is 24.7 Å². The van der Waals surface area contributed by atoms with Crippen molar-refractivity contribution in [2.24, 2.45) is 12.9 Å². The number of sulfonamides is 1. The second-order valence-corrected chi connectivity index (χ2v) is 5.47. The van der Waals surface area contributed by atoms with Crippen LogP contribution in [-0.4, -0.2) is 28.2 Å². The number of nitrogens with two attached hydrogens (primary N) is 1. The molecule has 2 aromatic heterocycles. The van der Waals surface area contributed by atoms with Gasteiger partial charge in [-0.25, -0.2) is 24.0 Å². The van der Waals surface area contributed by atoms with Gasteiger partial charge >= 0.3 is 0 Å². The fourth-order valence-electron chi connectivity index (χ4n) is 1.33. The Morgan fingerprint density at radius 3 is 2.74 bits per heavy atom. The minimum absolute atomic E-state index is 0.0497. The van der Waals surface area contributed by atoms with Crippen molar-refractivity contribution in [1.29, 1.82) is 0 Å². The molecule has 0 aromatic carbocycles. The highest BCUT2D eigenvalue weighted by atomic mass is 32.2. The molecule has 0 aliphatic heterocycles. The minimum Gasteiger partial charge on any atom is -0.320 e. The summed E-state index contributed by atoms with van der Waals surface area (Å²) in [4.78, 5) is 3.89. The van der Waals surface area contributed by atoms with Gasteiger partial charge in [-0.15, -0.1) is 10.2 Å². The topological polar surface area (TPSA) is 128 Å². The van der Waals surface area contributed by atoms with Gasteiger partial charge in [0.1, 0.15) is 22.9 Å². The summed E-state index contributed by atoms with van der Waals surface area (Å²) in [5, 5.41) is 7.45. The van der Waals surface area contributed by atoms with E-state index in [0.717, 1.165) is 0 Å². The first kappa shape index (κ1) is 13.4.